The first-order valence-corrected chi connectivity index (χ1v) is 4.29. The van der Waals surface area contributed by atoms with Crippen LogP contribution >= 0.6 is 8.03 Å². The average Bonchev–Trinajstić information content (AvgIpc) is 1.90. The summed E-state index contributed by atoms with van der Waals surface area (Å²) in [7, 11) is 0.943. The standard InChI is InChI=1S/C5H11O4P/c1-8-5(9-2)3-4-10(6)7/h5H,3-4H2,1-2H3/p+1. The molecule has 10 heavy (non-hydrogen) atoms. The van der Waals surface area contributed by atoms with E-state index < -0.39 is 8.03 Å². The highest BCUT2D eigenvalue weighted by Crippen LogP contribution is 2.15. The highest BCUT2D eigenvalue weighted by molar-refractivity contribution is 7.37. The van der Waals surface area contributed by atoms with Crippen molar-refractivity contribution >= 4 is 8.03 Å². The van der Waals surface area contributed by atoms with Crippen LogP contribution in [0.3, 0.4) is 0 Å². The minimum atomic E-state index is -2.05. The monoisotopic (exact) mass is 167 g/mol. The number of ether oxygens (including phenoxy) is 2. The lowest BCUT2D eigenvalue weighted by molar-refractivity contribution is -0.102. The minimum Gasteiger partial charge on any atom is -0.356 e. The third kappa shape index (κ3) is 4.82. The first kappa shape index (κ1) is 9.98. The molecule has 0 saturated heterocycles. The summed E-state index contributed by atoms with van der Waals surface area (Å²) in [5, 5.41) is 0. The Balaban J connectivity index is 3.34. The van der Waals surface area contributed by atoms with Gasteiger partial charge >= 0.3 is 8.03 Å². The third-order valence-corrected chi connectivity index (χ3v) is 1.72. The lowest BCUT2D eigenvalue weighted by Crippen LogP contribution is -2.13. The third-order valence-electron chi connectivity index (χ3n) is 1.08. The minimum absolute atomic E-state index is 0.224. The van der Waals surface area contributed by atoms with E-state index >= 15 is 0 Å². The molecule has 60 valence electrons. The van der Waals surface area contributed by atoms with Gasteiger partial charge in [-0.1, -0.05) is 0 Å². The van der Waals surface area contributed by atoms with Gasteiger partial charge in [0.05, 0.1) is 0 Å². The summed E-state index contributed by atoms with van der Waals surface area (Å²) in [6.45, 7) is 0. The molecule has 0 aromatic rings. The highest BCUT2D eigenvalue weighted by Gasteiger charge is 2.14. The molecule has 0 fully saturated rings. The molecule has 1 N–H and O–H groups in total. The van der Waals surface area contributed by atoms with E-state index in [2.05, 4.69) is 0 Å². The molecule has 5 heteroatoms. The van der Waals surface area contributed by atoms with Gasteiger partial charge in [0.25, 0.3) is 0 Å². The zero-order chi connectivity index (χ0) is 7.98. The Bertz CT molecular complexity index is 102. The predicted octanol–water partition coefficient (Wildman–Crippen LogP) is 0.730. The second-order valence-corrected chi connectivity index (χ2v) is 2.92. The second kappa shape index (κ2) is 5.74. The van der Waals surface area contributed by atoms with Crippen molar-refractivity contribution in [3.8, 4) is 0 Å². The van der Waals surface area contributed by atoms with Crippen LogP contribution in [0.5, 0.6) is 0 Å². The van der Waals surface area contributed by atoms with Crippen LogP contribution in [0.4, 0.5) is 0 Å². The van der Waals surface area contributed by atoms with E-state index in [0.29, 0.717) is 6.42 Å². The molecule has 0 amide bonds. The van der Waals surface area contributed by atoms with E-state index in [0.717, 1.165) is 0 Å². The van der Waals surface area contributed by atoms with Crippen molar-refractivity contribution in [2.24, 2.45) is 0 Å². The number of methoxy groups -OCH3 is 2. The van der Waals surface area contributed by atoms with Crippen LogP contribution in [0.2, 0.25) is 0 Å². The molecule has 0 radical (unpaired) electrons. The number of hydrogen-bond donors (Lipinski definition) is 1. The van der Waals surface area contributed by atoms with Crippen LogP contribution < -0.4 is 0 Å². The van der Waals surface area contributed by atoms with Crippen LogP contribution in [-0.4, -0.2) is 31.6 Å². The van der Waals surface area contributed by atoms with Crippen molar-refractivity contribution < 1.29 is 18.9 Å². The zero-order valence-electron chi connectivity index (χ0n) is 6.11. The molecule has 0 rings (SSSR count). The quantitative estimate of drug-likeness (QED) is 0.484. The molecular weight excluding hydrogens is 155 g/mol. The van der Waals surface area contributed by atoms with Crippen molar-refractivity contribution in [3.63, 3.8) is 0 Å². The fraction of sp³-hybridized carbons (Fsp3) is 1.00. The zero-order valence-corrected chi connectivity index (χ0v) is 7.01. The van der Waals surface area contributed by atoms with Crippen LogP contribution in [0, 0.1) is 0 Å². The summed E-state index contributed by atoms with van der Waals surface area (Å²) in [5.74, 6) is 0. The first-order valence-electron chi connectivity index (χ1n) is 2.89. The van der Waals surface area contributed by atoms with E-state index in [-0.39, 0.29) is 12.5 Å². The maximum absolute atomic E-state index is 10.2. The van der Waals surface area contributed by atoms with Gasteiger partial charge in [0.1, 0.15) is 0 Å². The molecule has 1 atom stereocenters. The molecule has 0 saturated carbocycles. The van der Waals surface area contributed by atoms with Crippen molar-refractivity contribution in [2.75, 3.05) is 20.4 Å². The van der Waals surface area contributed by atoms with Gasteiger partial charge in [-0.15, -0.1) is 0 Å². The smallest absolute Gasteiger partial charge is 0.356 e. The summed E-state index contributed by atoms with van der Waals surface area (Å²) in [5.41, 5.74) is 0. The number of hydrogen-bond acceptors (Lipinski definition) is 3. The maximum Gasteiger partial charge on any atom is 0.505 e. The first-order chi connectivity index (χ1) is 4.70. The van der Waals surface area contributed by atoms with Crippen LogP contribution in [0.1, 0.15) is 6.42 Å². The van der Waals surface area contributed by atoms with E-state index in [1.54, 1.807) is 0 Å². The van der Waals surface area contributed by atoms with Gasteiger partial charge in [-0.3, -0.25) is 0 Å². The van der Waals surface area contributed by atoms with Gasteiger partial charge in [0, 0.05) is 20.6 Å². The molecular formula is C5H12O4P+. The topological polar surface area (TPSA) is 55.8 Å². The maximum atomic E-state index is 10.2. The van der Waals surface area contributed by atoms with Gasteiger partial charge < -0.3 is 9.47 Å². The molecule has 0 bridgehead atoms. The summed E-state index contributed by atoms with van der Waals surface area (Å²) in [6, 6.07) is 0. The Morgan fingerprint density at radius 2 is 2.00 bits per heavy atom. The molecule has 1 unspecified atom stereocenters. The molecule has 4 nitrogen and oxygen atoms in total. The average molecular weight is 167 g/mol. The second-order valence-electron chi connectivity index (χ2n) is 1.77. The van der Waals surface area contributed by atoms with Crippen molar-refractivity contribution in [1.29, 1.82) is 0 Å². The van der Waals surface area contributed by atoms with Crippen molar-refractivity contribution in [2.45, 2.75) is 12.7 Å². The SMILES string of the molecule is COC(CC[P+](=O)O)OC. The normalized spacial score (nSPS) is 12.2. The predicted molar refractivity (Wildman–Crippen MR) is 37.1 cm³/mol. The van der Waals surface area contributed by atoms with Gasteiger partial charge in [0.15, 0.2) is 12.5 Å². The largest absolute Gasteiger partial charge is 0.505 e. The van der Waals surface area contributed by atoms with E-state index in [9.17, 15) is 4.57 Å². The van der Waals surface area contributed by atoms with E-state index in [4.69, 9.17) is 14.4 Å². The Kier molecular flexibility index (Phi) is 5.73. The van der Waals surface area contributed by atoms with Crippen LogP contribution in [-0.2, 0) is 14.0 Å². The number of rotatable bonds is 5. The summed E-state index contributed by atoms with van der Waals surface area (Å²) >= 11 is 0. The molecule has 0 aliphatic rings. The molecule has 0 spiro atoms. The molecule has 0 aromatic heterocycles. The highest BCUT2D eigenvalue weighted by atomic mass is 31.1. The summed E-state index contributed by atoms with van der Waals surface area (Å²) in [6.07, 6.45) is 0.325. The fourth-order valence-electron chi connectivity index (χ4n) is 0.548. The van der Waals surface area contributed by atoms with Crippen molar-refractivity contribution in [3.05, 3.63) is 0 Å². The lowest BCUT2D eigenvalue weighted by atomic mass is 10.5. The molecule has 0 aromatic carbocycles. The Morgan fingerprint density at radius 1 is 1.50 bits per heavy atom. The Morgan fingerprint density at radius 3 is 2.30 bits per heavy atom. The van der Waals surface area contributed by atoms with E-state index in [1.807, 2.05) is 0 Å². The lowest BCUT2D eigenvalue weighted by Gasteiger charge is -2.08. The molecule has 0 aliphatic heterocycles. The summed E-state index contributed by atoms with van der Waals surface area (Å²) in [4.78, 5) is 8.39. The van der Waals surface area contributed by atoms with Gasteiger partial charge in [-0.2, -0.15) is 4.89 Å². The van der Waals surface area contributed by atoms with Crippen LogP contribution in [0.15, 0.2) is 0 Å². The van der Waals surface area contributed by atoms with Crippen molar-refractivity contribution in [1.82, 2.24) is 0 Å². The fourth-order valence-corrected chi connectivity index (χ4v) is 0.979. The Labute approximate surface area is 61.0 Å². The van der Waals surface area contributed by atoms with Gasteiger partial charge in [0.2, 0.25) is 0 Å². The Hall–Kier alpha value is -0.0200. The van der Waals surface area contributed by atoms with Gasteiger partial charge in [-0.05, 0) is 4.57 Å². The van der Waals surface area contributed by atoms with E-state index in [1.165, 1.54) is 14.2 Å². The van der Waals surface area contributed by atoms with Gasteiger partial charge in [-0.25, -0.2) is 0 Å². The molecule has 0 aliphatic carbocycles. The summed E-state index contributed by atoms with van der Waals surface area (Å²) < 4.78 is 19.7. The molecule has 0 heterocycles. The van der Waals surface area contributed by atoms with Crippen LogP contribution in [0.25, 0.3) is 0 Å².